The van der Waals surface area contributed by atoms with Gasteiger partial charge in [0, 0.05) is 0 Å². The van der Waals surface area contributed by atoms with E-state index in [-0.39, 0.29) is 16.2 Å². The Bertz CT molecular complexity index is 1080. The van der Waals surface area contributed by atoms with Crippen molar-refractivity contribution in [2.45, 2.75) is 99.3 Å². The molecule has 3 aromatic carbocycles. The fourth-order valence-corrected chi connectivity index (χ4v) is 5.89. The van der Waals surface area contributed by atoms with Gasteiger partial charge in [0.1, 0.15) is 17.2 Å². The third-order valence-corrected chi connectivity index (χ3v) is 7.64. The van der Waals surface area contributed by atoms with Crippen molar-refractivity contribution in [2.75, 3.05) is 0 Å². The van der Waals surface area contributed by atoms with Gasteiger partial charge in [0.05, 0.1) is 0 Å². The lowest BCUT2D eigenvalue weighted by Crippen LogP contribution is -2.13. The Labute approximate surface area is 226 Å². The molecule has 0 aliphatic rings. The van der Waals surface area contributed by atoms with Gasteiger partial charge >= 0.3 is 8.60 Å². The summed E-state index contributed by atoms with van der Waals surface area (Å²) in [7, 11) is -1.74. The fraction of sp³-hybridized carbons (Fsp3) is 0.455. The first kappa shape index (κ1) is 29.1. The minimum Gasteiger partial charge on any atom is -0.408 e. The third kappa shape index (κ3) is 7.51. The highest BCUT2D eigenvalue weighted by Gasteiger charge is 2.24. The largest absolute Gasteiger partial charge is 0.530 e. The lowest BCUT2D eigenvalue weighted by atomic mass is 9.84. The molecule has 0 aromatic heterocycles. The normalized spacial score (nSPS) is 12.6. The van der Waals surface area contributed by atoms with E-state index < -0.39 is 8.60 Å². The van der Waals surface area contributed by atoms with E-state index in [0.717, 1.165) is 17.2 Å². The second-order valence-corrected chi connectivity index (χ2v) is 14.2. The minimum atomic E-state index is -1.74. The summed E-state index contributed by atoms with van der Waals surface area (Å²) < 4.78 is 19.1. The Kier molecular flexibility index (Phi) is 8.40. The van der Waals surface area contributed by atoms with Crippen LogP contribution in [-0.2, 0) is 16.2 Å². The molecule has 0 saturated heterocycles. The molecule has 0 bridgehead atoms. The van der Waals surface area contributed by atoms with Gasteiger partial charge < -0.3 is 13.6 Å². The first-order valence-corrected chi connectivity index (χ1v) is 14.2. The molecular formula is C33H45O3P. The molecule has 0 atom stereocenters. The second kappa shape index (κ2) is 10.7. The van der Waals surface area contributed by atoms with Crippen molar-refractivity contribution in [1.29, 1.82) is 0 Å². The standard InChI is InChI=1S/C33H45O3P/c1-22-19-25(13-16-28(22)31(4,5)6)34-37(35-26-14-17-29(23(2)20-26)32(7,8)9)36-27-15-18-30(24(3)21-27)33(10,11)12/h13-21H,1-12H3. The molecule has 3 aromatic rings. The van der Waals surface area contributed by atoms with Crippen molar-refractivity contribution >= 4 is 8.60 Å². The van der Waals surface area contributed by atoms with E-state index in [1.165, 1.54) is 33.4 Å². The summed E-state index contributed by atoms with van der Waals surface area (Å²) in [5.41, 5.74) is 7.67. The summed E-state index contributed by atoms with van der Waals surface area (Å²) in [6, 6.07) is 18.7. The molecule has 0 saturated carbocycles. The van der Waals surface area contributed by atoms with Gasteiger partial charge in [0.15, 0.2) is 0 Å². The fourth-order valence-electron chi connectivity index (χ4n) is 4.92. The molecule has 0 amide bonds. The average molecular weight is 521 g/mol. The molecule has 0 fully saturated rings. The molecular weight excluding hydrogens is 475 g/mol. The van der Waals surface area contributed by atoms with Crippen LogP contribution in [0.15, 0.2) is 54.6 Å². The summed E-state index contributed by atoms with van der Waals surface area (Å²) in [6.07, 6.45) is 0. The van der Waals surface area contributed by atoms with Gasteiger partial charge in [-0.15, -0.1) is 0 Å². The van der Waals surface area contributed by atoms with Crippen molar-refractivity contribution < 1.29 is 13.6 Å². The Morgan fingerprint density at radius 3 is 0.865 bits per heavy atom. The van der Waals surface area contributed by atoms with Gasteiger partial charge in [-0.25, -0.2) is 0 Å². The van der Waals surface area contributed by atoms with Gasteiger partial charge in [0.2, 0.25) is 0 Å². The van der Waals surface area contributed by atoms with Crippen LogP contribution in [0, 0.1) is 20.8 Å². The predicted molar refractivity (Wildman–Crippen MR) is 158 cm³/mol. The van der Waals surface area contributed by atoms with E-state index in [1.54, 1.807) is 0 Å². The van der Waals surface area contributed by atoms with Crippen LogP contribution in [0.5, 0.6) is 17.2 Å². The molecule has 200 valence electrons. The topological polar surface area (TPSA) is 27.7 Å². The zero-order valence-electron chi connectivity index (χ0n) is 24.9. The molecule has 0 unspecified atom stereocenters. The lowest BCUT2D eigenvalue weighted by Gasteiger charge is -2.25. The van der Waals surface area contributed by atoms with E-state index in [2.05, 4.69) is 119 Å². The van der Waals surface area contributed by atoms with Gasteiger partial charge in [-0.1, -0.05) is 80.5 Å². The highest BCUT2D eigenvalue weighted by molar-refractivity contribution is 7.43. The maximum Gasteiger partial charge on any atom is 0.530 e. The smallest absolute Gasteiger partial charge is 0.408 e. The molecule has 0 aliphatic heterocycles. The molecule has 3 rings (SSSR count). The van der Waals surface area contributed by atoms with Crippen LogP contribution in [-0.4, -0.2) is 0 Å². The Morgan fingerprint density at radius 1 is 0.432 bits per heavy atom. The molecule has 0 radical (unpaired) electrons. The van der Waals surface area contributed by atoms with Crippen LogP contribution in [0.1, 0.15) is 95.7 Å². The molecule has 0 spiro atoms. The zero-order chi connectivity index (χ0) is 27.8. The van der Waals surface area contributed by atoms with Crippen molar-refractivity contribution in [3.8, 4) is 17.2 Å². The third-order valence-electron chi connectivity index (χ3n) is 6.56. The van der Waals surface area contributed by atoms with E-state index in [0.29, 0.717) is 0 Å². The number of hydrogen-bond donors (Lipinski definition) is 0. The first-order valence-electron chi connectivity index (χ1n) is 13.1. The van der Waals surface area contributed by atoms with Gasteiger partial charge in [0.25, 0.3) is 0 Å². The summed E-state index contributed by atoms with van der Waals surface area (Å²) in [5.74, 6) is 2.22. The van der Waals surface area contributed by atoms with E-state index in [1.807, 2.05) is 18.2 Å². The SMILES string of the molecule is Cc1cc(OP(Oc2ccc(C(C)(C)C)c(C)c2)Oc2ccc(C(C)(C)C)c(C)c2)ccc1C(C)(C)C. The van der Waals surface area contributed by atoms with Crippen LogP contribution in [0.4, 0.5) is 0 Å². The van der Waals surface area contributed by atoms with E-state index in [9.17, 15) is 0 Å². The number of rotatable bonds is 6. The van der Waals surface area contributed by atoms with Gasteiger partial charge in [-0.2, -0.15) is 0 Å². The summed E-state index contributed by atoms with van der Waals surface area (Å²) in [5, 5.41) is 0. The lowest BCUT2D eigenvalue weighted by molar-refractivity contribution is 0.387. The average Bonchev–Trinajstić information content (AvgIpc) is 2.71. The van der Waals surface area contributed by atoms with Gasteiger partial charge in [-0.3, -0.25) is 0 Å². The number of aryl methyl sites for hydroxylation is 3. The van der Waals surface area contributed by atoms with Crippen LogP contribution < -0.4 is 13.6 Å². The Morgan fingerprint density at radius 2 is 0.676 bits per heavy atom. The maximum absolute atomic E-state index is 6.37. The van der Waals surface area contributed by atoms with Crippen LogP contribution >= 0.6 is 8.60 Å². The molecule has 0 heterocycles. The maximum atomic E-state index is 6.37. The minimum absolute atomic E-state index is 0.0685. The molecule has 3 nitrogen and oxygen atoms in total. The van der Waals surface area contributed by atoms with Crippen LogP contribution in [0.3, 0.4) is 0 Å². The van der Waals surface area contributed by atoms with E-state index in [4.69, 9.17) is 13.6 Å². The molecule has 4 heteroatoms. The predicted octanol–water partition coefficient (Wildman–Crippen LogP) is 10.3. The highest BCUT2D eigenvalue weighted by atomic mass is 31.2. The quantitative estimate of drug-likeness (QED) is 0.303. The zero-order valence-corrected chi connectivity index (χ0v) is 25.8. The van der Waals surface area contributed by atoms with Crippen molar-refractivity contribution in [3.63, 3.8) is 0 Å². The Balaban J connectivity index is 1.93. The van der Waals surface area contributed by atoms with E-state index >= 15 is 0 Å². The second-order valence-electron chi connectivity index (χ2n) is 13.2. The van der Waals surface area contributed by atoms with Crippen molar-refractivity contribution in [1.82, 2.24) is 0 Å². The number of hydrogen-bond acceptors (Lipinski definition) is 3. The van der Waals surface area contributed by atoms with Crippen LogP contribution in [0.25, 0.3) is 0 Å². The molecule has 0 aliphatic carbocycles. The summed E-state index contributed by atoms with van der Waals surface area (Å²) in [4.78, 5) is 0. The van der Waals surface area contributed by atoms with Crippen LogP contribution in [0.2, 0.25) is 0 Å². The van der Waals surface area contributed by atoms with Gasteiger partial charge in [-0.05, 0) is 107 Å². The summed E-state index contributed by atoms with van der Waals surface area (Å²) in [6.45, 7) is 26.4. The molecule has 37 heavy (non-hydrogen) atoms. The molecule has 0 N–H and O–H groups in total. The highest BCUT2D eigenvalue weighted by Crippen LogP contribution is 2.44. The van der Waals surface area contributed by atoms with Crippen molar-refractivity contribution in [2.24, 2.45) is 0 Å². The van der Waals surface area contributed by atoms with Crippen molar-refractivity contribution in [3.05, 3.63) is 88.0 Å². The number of benzene rings is 3. The monoisotopic (exact) mass is 520 g/mol. The Hall–Kier alpha value is -2.51. The first-order chi connectivity index (χ1) is 16.9. The summed E-state index contributed by atoms with van der Waals surface area (Å²) >= 11 is 0.